The van der Waals surface area contributed by atoms with Gasteiger partial charge in [0.2, 0.25) is 0 Å². The maximum Gasteiger partial charge on any atom is 0.433 e. The van der Waals surface area contributed by atoms with Crippen molar-refractivity contribution >= 4 is 11.6 Å². The molecule has 1 aromatic carbocycles. The number of halogens is 3. The molecule has 1 aromatic heterocycles. The van der Waals surface area contributed by atoms with Crippen molar-refractivity contribution in [2.75, 3.05) is 5.32 Å². The summed E-state index contributed by atoms with van der Waals surface area (Å²) < 4.78 is 37.1. The number of amides is 1. The van der Waals surface area contributed by atoms with Gasteiger partial charge in [-0.1, -0.05) is 6.07 Å². The van der Waals surface area contributed by atoms with E-state index in [4.69, 9.17) is 0 Å². The second-order valence-electron chi connectivity index (χ2n) is 4.33. The molecule has 2 aromatic rings. The number of nitrogens with one attached hydrogen (secondary N) is 1. The Morgan fingerprint density at radius 3 is 2.52 bits per heavy atom. The highest BCUT2D eigenvalue weighted by Gasteiger charge is 2.32. The molecule has 0 saturated heterocycles. The molecule has 1 heterocycles. The summed E-state index contributed by atoms with van der Waals surface area (Å²) in [6.07, 6.45) is -3.69. The first-order valence-electron chi connectivity index (χ1n) is 5.92. The molecule has 7 heteroatoms. The lowest BCUT2D eigenvalue weighted by atomic mass is 10.1. The smallest absolute Gasteiger partial charge is 0.433 e. The summed E-state index contributed by atoms with van der Waals surface area (Å²) in [6.45, 7) is 1.61. The Balaban J connectivity index is 2.19. The minimum Gasteiger partial charge on any atom is -0.508 e. The molecule has 0 radical (unpaired) electrons. The van der Waals surface area contributed by atoms with Gasteiger partial charge in [0.05, 0.1) is 5.56 Å². The molecule has 0 aliphatic rings. The molecule has 0 unspecified atom stereocenters. The summed E-state index contributed by atoms with van der Waals surface area (Å²) in [7, 11) is 0. The molecule has 1 amide bonds. The van der Waals surface area contributed by atoms with E-state index in [-0.39, 0.29) is 11.3 Å². The van der Waals surface area contributed by atoms with Crippen LogP contribution in [0, 0.1) is 6.92 Å². The van der Waals surface area contributed by atoms with Gasteiger partial charge < -0.3 is 10.4 Å². The number of benzene rings is 1. The van der Waals surface area contributed by atoms with Crippen molar-refractivity contribution in [3.63, 3.8) is 0 Å². The third-order valence-corrected chi connectivity index (χ3v) is 2.87. The topological polar surface area (TPSA) is 62.2 Å². The van der Waals surface area contributed by atoms with Crippen LogP contribution in [0.3, 0.4) is 0 Å². The molecule has 0 aliphatic heterocycles. The van der Waals surface area contributed by atoms with Crippen molar-refractivity contribution in [3.8, 4) is 5.75 Å². The van der Waals surface area contributed by atoms with Gasteiger partial charge >= 0.3 is 6.18 Å². The van der Waals surface area contributed by atoms with Crippen molar-refractivity contribution in [2.24, 2.45) is 0 Å². The quantitative estimate of drug-likeness (QED) is 0.893. The highest BCUT2D eigenvalue weighted by atomic mass is 19.4. The number of hydrogen-bond donors (Lipinski definition) is 2. The molecule has 0 atom stereocenters. The Kier molecular flexibility index (Phi) is 3.84. The van der Waals surface area contributed by atoms with E-state index in [1.807, 2.05) is 0 Å². The number of hydrogen-bond acceptors (Lipinski definition) is 3. The molecule has 2 N–H and O–H groups in total. The zero-order valence-electron chi connectivity index (χ0n) is 10.9. The fourth-order valence-corrected chi connectivity index (χ4v) is 1.65. The van der Waals surface area contributed by atoms with Crippen LogP contribution in [0.5, 0.6) is 5.75 Å². The van der Waals surface area contributed by atoms with E-state index >= 15 is 0 Å². The molecule has 0 saturated carbocycles. The first-order valence-corrected chi connectivity index (χ1v) is 5.92. The number of aromatic nitrogens is 1. The molecular formula is C14H11F3N2O2. The molecule has 2 rings (SSSR count). The number of phenols is 1. The molecule has 110 valence electrons. The van der Waals surface area contributed by atoms with E-state index < -0.39 is 17.8 Å². The summed E-state index contributed by atoms with van der Waals surface area (Å²) in [5.74, 6) is -0.594. The van der Waals surface area contributed by atoms with Crippen molar-refractivity contribution < 1.29 is 23.1 Å². The Bertz CT molecular complexity index is 667. The molecule has 0 spiro atoms. The van der Waals surface area contributed by atoms with Crippen LogP contribution in [0.25, 0.3) is 0 Å². The standard InChI is InChI=1S/C14H11F3N2O2/c1-8-10(3-2-4-11(8)20)19-13(21)9-5-6-12(18-7-9)14(15,16)17/h2-7,20H,1H3,(H,19,21). The zero-order chi connectivity index (χ0) is 15.6. The number of anilines is 1. The monoisotopic (exact) mass is 296 g/mol. The number of phenolic OH excluding ortho intramolecular Hbond substituents is 1. The predicted molar refractivity (Wildman–Crippen MR) is 70.0 cm³/mol. The summed E-state index contributed by atoms with van der Waals surface area (Å²) in [5.41, 5.74) is -0.232. The Hall–Kier alpha value is -2.57. The van der Waals surface area contributed by atoms with Gasteiger partial charge in [-0.3, -0.25) is 9.78 Å². The number of nitrogens with zero attached hydrogens (tertiary/aromatic N) is 1. The van der Waals surface area contributed by atoms with Crippen molar-refractivity contribution in [2.45, 2.75) is 13.1 Å². The Morgan fingerprint density at radius 1 is 1.24 bits per heavy atom. The fourth-order valence-electron chi connectivity index (χ4n) is 1.65. The normalized spacial score (nSPS) is 11.2. The Morgan fingerprint density at radius 2 is 1.95 bits per heavy atom. The summed E-state index contributed by atoms with van der Waals surface area (Å²) >= 11 is 0. The van der Waals surface area contributed by atoms with Crippen molar-refractivity contribution in [3.05, 3.63) is 53.3 Å². The lowest BCUT2D eigenvalue weighted by Gasteiger charge is -2.10. The maximum atomic E-state index is 12.4. The Labute approximate surface area is 118 Å². The van der Waals surface area contributed by atoms with Gasteiger partial charge in [-0.15, -0.1) is 0 Å². The SMILES string of the molecule is Cc1c(O)cccc1NC(=O)c1ccc(C(F)(F)F)nc1. The van der Waals surface area contributed by atoms with Crippen LogP contribution in [0.4, 0.5) is 18.9 Å². The number of pyridine rings is 1. The van der Waals surface area contributed by atoms with E-state index in [0.717, 1.165) is 18.3 Å². The fraction of sp³-hybridized carbons (Fsp3) is 0.143. The largest absolute Gasteiger partial charge is 0.508 e. The zero-order valence-corrected chi connectivity index (χ0v) is 10.9. The van der Waals surface area contributed by atoms with E-state index in [9.17, 15) is 23.1 Å². The van der Waals surface area contributed by atoms with E-state index in [1.54, 1.807) is 19.1 Å². The van der Waals surface area contributed by atoms with Crippen LogP contribution in [0.1, 0.15) is 21.6 Å². The summed E-state index contributed by atoms with van der Waals surface area (Å²) in [4.78, 5) is 15.1. The third-order valence-electron chi connectivity index (χ3n) is 2.87. The van der Waals surface area contributed by atoms with Crippen LogP contribution in [-0.4, -0.2) is 16.0 Å². The lowest BCUT2D eigenvalue weighted by molar-refractivity contribution is -0.141. The van der Waals surface area contributed by atoms with Gasteiger partial charge in [-0.25, -0.2) is 0 Å². The van der Waals surface area contributed by atoms with Crippen LogP contribution in [0.2, 0.25) is 0 Å². The first-order chi connectivity index (χ1) is 9.79. The maximum absolute atomic E-state index is 12.4. The molecule has 0 fully saturated rings. The summed E-state index contributed by atoms with van der Waals surface area (Å²) in [6, 6.07) is 6.37. The van der Waals surface area contributed by atoms with Gasteiger partial charge in [0.15, 0.2) is 0 Å². The lowest BCUT2D eigenvalue weighted by Crippen LogP contribution is -2.14. The number of carbonyl (C=O) groups excluding carboxylic acids is 1. The van der Waals surface area contributed by atoms with Gasteiger partial charge in [0.1, 0.15) is 11.4 Å². The van der Waals surface area contributed by atoms with Crippen molar-refractivity contribution in [1.82, 2.24) is 4.98 Å². The highest BCUT2D eigenvalue weighted by Crippen LogP contribution is 2.27. The average molecular weight is 296 g/mol. The molecular weight excluding hydrogens is 285 g/mol. The van der Waals surface area contributed by atoms with Crippen molar-refractivity contribution in [1.29, 1.82) is 0 Å². The van der Waals surface area contributed by atoms with Crippen LogP contribution >= 0.6 is 0 Å². The van der Waals surface area contributed by atoms with E-state index in [0.29, 0.717) is 11.3 Å². The van der Waals surface area contributed by atoms with E-state index in [2.05, 4.69) is 10.3 Å². The summed E-state index contributed by atoms with van der Waals surface area (Å²) in [5, 5.41) is 12.0. The second-order valence-corrected chi connectivity index (χ2v) is 4.33. The number of aromatic hydroxyl groups is 1. The van der Waals surface area contributed by atoms with Crippen LogP contribution < -0.4 is 5.32 Å². The minimum atomic E-state index is -4.54. The van der Waals surface area contributed by atoms with Gasteiger partial charge in [-0.2, -0.15) is 13.2 Å². The molecule has 21 heavy (non-hydrogen) atoms. The minimum absolute atomic E-state index is 0.00857. The van der Waals surface area contributed by atoms with Crippen LogP contribution in [-0.2, 0) is 6.18 Å². The molecule has 0 bridgehead atoms. The van der Waals surface area contributed by atoms with Gasteiger partial charge in [0.25, 0.3) is 5.91 Å². The molecule has 4 nitrogen and oxygen atoms in total. The van der Waals surface area contributed by atoms with Gasteiger partial charge in [-0.05, 0) is 31.2 Å². The average Bonchev–Trinajstić information content (AvgIpc) is 2.43. The number of rotatable bonds is 2. The van der Waals surface area contributed by atoms with E-state index in [1.165, 1.54) is 6.07 Å². The molecule has 0 aliphatic carbocycles. The predicted octanol–water partition coefficient (Wildman–Crippen LogP) is 3.37. The van der Waals surface area contributed by atoms with Crippen LogP contribution in [0.15, 0.2) is 36.5 Å². The third kappa shape index (κ3) is 3.31. The second kappa shape index (κ2) is 5.43. The highest BCUT2D eigenvalue weighted by molar-refractivity contribution is 6.04. The van der Waals surface area contributed by atoms with Gasteiger partial charge in [0, 0.05) is 17.4 Å². The number of alkyl halides is 3. The first kappa shape index (κ1) is 14.8. The number of carbonyl (C=O) groups is 1.